The summed E-state index contributed by atoms with van der Waals surface area (Å²) in [6.45, 7) is 2.36. The number of hydrogen-bond donors (Lipinski definition) is 3. The van der Waals surface area contributed by atoms with Crippen LogP contribution in [0.3, 0.4) is 0 Å². The van der Waals surface area contributed by atoms with E-state index in [9.17, 15) is 19.6 Å². The van der Waals surface area contributed by atoms with Crippen LogP contribution in [0.25, 0.3) is 10.9 Å². The number of ether oxygens (including phenoxy) is 2. The number of nitrogens with zero attached hydrogens (tertiary/aromatic N) is 1. The zero-order valence-electron chi connectivity index (χ0n) is 19.0. The minimum Gasteiger partial charge on any atom is -0.618 e. The molecule has 10 heteroatoms. The Hall–Kier alpha value is -4.18. The Morgan fingerprint density at radius 3 is 2.74 bits per heavy atom. The Labute approximate surface area is 200 Å². The molecule has 3 N–H and O–H groups in total. The topological polar surface area (TPSA) is 133 Å². The van der Waals surface area contributed by atoms with Crippen molar-refractivity contribution in [1.82, 2.24) is 16.0 Å². The van der Waals surface area contributed by atoms with Crippen LogP contribution in [0.15, 0.2) is 54.6 Å². The maximum atomic E-state index is 12.9. The molecule has 2 aliphatic rings. The summed E-state index contributed by atoms with van der Waals surface area (Å²) < 4.78 is 12.2. The van der Waals surface area contributed by atoms with Gasteiger partial charge in [0, 0.05) is 36.8 Å². The van der Waals surface area contributed by atoms with Crippen molar-refractivity contribution in [2.45, 2.75) is 31.5 Å². The van der Waals surface area contributed by atoms with Crippen LogP contribution in [0.2, 0.25) is 0 Å². The summed E-state index contributed by atoms with van der Waals surface area (Å²) in [4.78, 5) is 37.0. The van der Waals surface area contributed by atoms with Gasteiger partial charge < -0.3 is 25.3 Å². The standard InChI is InChI=1S/C25H24N4O6/c1-15-12-17(19-4-2-3-5-20(19)29(15)33)13-35-18-8-6-16(7-9-18)22(30)26-21-10-11-34-14-25(21)23(31)27-24(32)28-25/h2-9,12,21H,10-11,13-14H2,1H3,(H,26,30)(H2,27,28,31,32). The molecule has 10 nitrogen and oxygen atoms in total. The molecule has 2 saturated heterocycles. The first-order chi connectivity index (χ1) is 16.9. The lowest BCUT2D eigenvalue weighted by molar-refractivity contribution is -0.584. The molecule has 2 aliphatic heterocycles. The third kappa shape index (κ3) is 4.12. The van der Waals surface area contributed by atoms with Gasteiger partial charge in [-0.2, -0.15) is 4.73 Å². The molecule has 180 valence electrons. The van der Waals surface area contributed by atoms with Crippen molar-refractivity contribution in [2.75, 3.05) is 13.2 Å². The first-order valence-electron chi connectivity index (χ1n) is 11.2. The minimum atomic E-state index is -1.31. The van der Waals surface area contributed by atoms with Crippen molar-refractivity contribution in [2.24, 2.45) is 0 Å². The number of carbonyl (C=O) groups excluding carboxylic acids is 3. The zero-order chi connectivity index (χ0) is 24.6. The van der Waals surface area contributed by atoms with Crippen molar-refractivity contribution < 1.29 is 28.6 Å². The Morgan fingerprint density at radius 1 is 1.23 bits per heavy atom. The quantitative estimate of drug-likeness (QED) is 0.290. The summed E-state index contributed by atoms with van der Waals surface area (Å²) in [5.74, 6) is -0.323. The number of imide groups is 1. The van der Waals surface area contributed by atoms with Crippen LogP contribution in [0.1, 0.15) is 28.0 Å². The van der Waals surface area contributed by atoms with Crippen molar-refractivity contribution >= 4 is 28.7 Å². The van der Waals surface area contributed by atoms with Gasteiger partial charge in [0.15, 0.2) is 11.2 Å². The smallest absolute Gasteiger partial charge is 0.322 e. The van der Waals surface area contributed by atoms with Gasteiger partial charge in [0.05, 0.1) is 18.0 Å². The third-order valence-electron chi connectivity index (χ3n) is 6.43. The SMILES string of the molecule is Cc1cc(COc2ccc(C(=O)NC3CCOCC34NC(=O)NC4=O)cc2)c2ccccc2[n+]1[O-]. The lowest BCUT2D eigenvalue weighted by Gasteiger charge is -2.38. The van der Waals surface area contributed by atoms with Gasteiger partial charge in [-0.25, -0.2) is 4.79 Å². The molecule has 2 atom stereocenters. The summed E-state index contributed by atoms with van der Waals surface area (Å²) in [5.41, 5.74) is 1.11. The largest absolute Gasteiger partial charge is 0.618 e. The van der Waals surface area contributed by atoms with Gasteiger partial charge >= 0.3 is 6.03 Å². The average molecular weight is 476 g/mol. The van der Waals surface area contributed by atoms with Gasteiger partial charge in [-0.15, -0.1) is 0 Å². The summed E-state index contributed by atoms with van der Waals surface area (Å²) in [6, 6.07) is 14.6. The van der Waals surface area contributed by atoms with E-state index in [-0.39, 0.29) is 19.1 Å². The van der Waals surface area contributed by atoms with E-state index in [0.717, 1.165) is 15.7 Å². The van der Waals surface area contributed by atoms with E-state index in [4.69, 9.17) is 9.47 Å². The number of para-hydroxylation sites is 1. The molecular formula is C25H24N4O6. The van der Waals surface area contributed by atoms with Crippen LogP contribution in [-0.2, 0) is 16.1 Å². The maximum Gasteiger partial charge on any atom is 0.322 e. The van der Waals surface area contributed by atoms with Gasteiger partial charge in [-0.1, -0.05) is 12.1 Å². The molecule has 1 spiro atoms. The Kier molecular flexibility index (Phi) is 5.73. The lowest BCUT2D eigenvalue weighted by atomic mass is 9.86. The Bertz CT molecular complexity index is 1330. The number of urea groups is 1. The molecule has 35 heavy (non-hydrogen) atoms. The molecule has 3 aromatic rings. The van der Waals surface area contributed by atoms with Crippen LogP contribution in [-0.4, -0.2) is 42.6 Å². The van der Waals surface area contributed by atoms with E-state index in [2.05, 4.69) is 16.0 Å². The van der Waals surface area contributed by atoms with E-state index < -0.39 is 23.5 Å². The first kappa shape index (κ1) is 22.6. The number of fused-ring (bicyclic) bond motifs is 1. The molecule has 2 aromatic carbocycles. The lowest BCUT2D eigenvalue weighted by Crippen LogP contribution is -2.67. The summed E-state index contributed by atoms with van der Waals surface area (Å²) in [5, 5.41) is 20.8. The first-order valence-corrected chi connectivity index (χ1v) is 11.2. The van der Waals surface area contributed by atoms with Crippen LogP contribution >= 0.6 is 0 Å². The van der Waals surface area contributed by atoms with Gasteiger partial charge in [0.1, 0.15) is 12.4 Å². The van der Waals surface area contributed by atoms with Crippen molar-refractivity contribution in [3.05, 3.63) is 76.6 Å². The fourth-order valence-electron chi connectivity index (χ4n) is 4.55. The predicted octanol–water partition coefficient (Wildman–Crippen LogP) is 1.46. The normalized spacial score (nSPS) is 21.6. The highest BCUT2D eigenvalue weighted by atomic mass is 16.5. The Morgan fingerprint density at radius 2 is 2.00 bits per heavy atom. The Balaban J connectivity index is 1.27. The number of rotatable bonds is 5. The molecule has 0 saturated carbocycles. The minimum absolute atomic E-state index is 0.0116. The number of nitrogens with one attached hydrogen (secondary N) is 3. The second-order valence-corrected chi connectivity index (χ2v) is 8.68. The van der Waals surface area contributed by atoms with E-state index in [0.29, 0.717) is 35.6 Å². The van der Waals surface area contributed by atoms with Gasteiger partial charge in [-0.05, 0) is 36.8 Å². The number of benzene rings is 2. The van der Waals surface area contributed by atoms with Gasteiger partial charge in [0.2, 0.25) is 5.52 Å². The average Bonchev–Trinajstić information content (AvgIpc) is 3.15. The molecule has 3 heterocycles. The number of carbonyl (C=O) groups is 3. The second kappa shape index (κ2) is 8.88. The molecule has 1 aromatic heterocycles. The summed E-state index contributed by atoms with van der Waals surface area (Å²) >= 11 is 0. The molecule has 5 rings (SSSR count). The third-order valence-corrected chi connectivity index (χ3v) is 6.43. The number of aryl methyl sites for hydroxylation is 1. The van der Waals surface area contributed by atoms with Crippen LogP contribution in [0.5, 0.6) is 5.75 Å². The second-order valence-electron chi connectivity index (χ2n) is 8.68. The van der Waals surface area contributed by atoms with E-state index in [1.54, 1.807) is 43.3 Å². The monoisotopic (exact) mass is 476 g/mol. The highest BCUT2D eigenvalue weighted by Crippen LogP contribution is 2.25. The van der Waals surface area contributed by atoms with Crippen LogP contribution < -0.4 is 25.4 Å². The van der Waals surface area contributed by atoms with Crippen LogP contribution in [0.4, 0.5) is 4.79 Å². The summed E-state index contributed by atoms with van der Waals surface area (Å²) in [6.07, 6.45) is 0.383. The fraction of sp³-hybridized carbons (Fsp3) is 0.280. The molecular weight excluding hydrogens is 452 g/mol. The molecule has 0 aliphatic carbocycles. The maximum absolute atomic E-state index is 12.9. The van der Waals surface area contributed by atoms with Crippen LogP contribution in [0, 0.1) is 12.1 Å². The molecule has 2 fully saturated rings. The zero-order valence-corrected chi connectivity index (χ0v) is 19.0. The molecule has 4 amide bonds. The number of amides is 4. The highest BCUT2D eigenvalue weighted by Gasteiger charge is 2.54. The van der Waals surface area contributed by atoms with Crippen molar-refractivity contribution in [3.8, 4) is 5.75 Å². The number of hydrogen-bond acceptors (Lipinski definition) is 6. The van der Waals surface area contributed by atoms with Crippen molar-refractivity contribution in [3.63, 3.8) is 0 Å². The molecule has 0 radical (unpaired) electrons. The van der Waals surface area contributed by atoms with E-state index in [1.165, 1.54) is 0 Å². The molecule has 0 bridgehead atoms. The molecule has 2 unspecified atom stereocenters. The highest BCUT2D eigenvalue weighted by molar-refractivity contribution is 6.08. The van der Waals surface area contributed by atoms with Gasteiger partial charge in [-0.3, -0.25) is 14.9 Å². The van der Waals surface area contributed by atoms with E-state index in [1.807, 2.05) is 18.2 Å². The van der Waals surface area contributed by atoms with E-state index >= 15 is 0 Å². The van der Waals surface area contributed by atoms with Gasteiger partial charge in [0.25, 0.3) is 11.8 Å². The summed E-state index contributed by atoms with van der Waals surface area (Å²) in [7, 11) is 0. The van der Waals surface area contributed by atoms with Crippen molar-refractivity contribution in [1.29, 1.82) is 0 Å². The fourth-order valence-corrected chi connectivity index (χ4v) is 4.55. The predicted molar refractivity (Wildman–Crippen MR) is 125 cm³/mol. The number of aromatic nitrogens is 1. The number of pyridine rings is 1.